The normalized spacial score (nSPS) is 16.3. The molecule has 3 aromatic rings. The molecule has 160 valence electrons. The van der Waals surface area contributed by atoms with Gasteiger partial charge in [-0.3, -0.25) is 14.5 Å². The van der Waals surface area contributed by atoms with Gasteiger partial charge in [0.15, 0.2) is 10.9 Å². The SMILES string of the molecule is CCOC(=O)c1sc(N2C(=O)C(O)=C(C(=O)c3cccs3)C2c2ccc(C)o2)nc1C. The highest BCUT2D eigenvalue weighted by Gasteiger charge is 2.47. The topological polar surface area (TPSA) is 110 Å². The van der Waals surface area contributed by atoms with E-state index < -0.39 is 29.5 Å². The van der Waals surface area contributed by atoms with Crippen molar-refractivity contribution in [3.05, 3.63) is 67.9 Å². The van der Waals surface area contributed by atoms with Crippen molar-refractivity contribution in [2.45, 2.75) is 26.8 Å². The van der Waals surface area contributed by atoms with Crippen LogP contribution >= 0.6 is 22.7 Å². The highest BCUT2D eigenvalue weighted by atomic mass is 32.1. The lowest BCUT2D eigenvalue weighted by Gasteiger charge is -2.22. The van der Waals surface area contributed by atoms with Gasteiger partial charge in [-0.15, -0.1) is 11.3 Å². The number of hydrogen-bond donors (Lipinski definition) is 1. The molecular weight excluding hydrogens is 440 g/mol. The van der Waals surface area contributed by atoms with Gasteiger partial charge in [0, 0.05) is 0 Å². The third kappa shape index (κ3) is 3.57. The first-order chi connectivity index (χ1) is 14.8. The molecule has 1 unspecified atom stereocenters. The minimum absolute atomic E-state index is 0.0904. The molecule has 4 rings (SSSR count). The van der Waals surface area contributed by atoms with Crippen molar-refractivity contribution in [1.82, 2.24) is 4.98 Å². The lowest BCUT2D eigenvalue weighted by atomic mass is 10.0. The fraction of sp³-hybridized carbons (Fsp3) is 0.238. The third-order valence-corrected chi connectivity index (χ3v) is 6.69. The van der Waals surface area contributed by atoms with Gasteiger partial charge in [-0.25, -0.2) is 9.78 Å². The predicted molar refractivity (Wildman–Crippen MR) is 115 cm³/mol. The maximum atomic E-state index is 13.2. The number of aliphatic hydroxyl groups excluding tert-OH is 1. The van der Waals surface area contributed by atoms with E-state index in [0.29, 0.717) is 22.1 Å². The second-order valence-corrected chi connectivity index (χ2v) is 8.65. The average molecular weight is 459 g/mol. The number of thiazole rings is 1. The van der Waals surface area contributed by atoms with E-state index in [4.69, 9.17) is 9.15 Å². The molecule has 1 N–H and O–H groups in total. The second-order valence-electron chi connectivity index (χ2n) is 6.73. The zero-order valence-electron chi connectivity index (χ0n) is 16.9. The Morgan fingerprint density at radius 1 is 1.29 bits per heavy atom. The minimum Gasteiger partial charge on any atom is -0.503 e. The number of Topliss-reactive ketones (excluding diaryl/α,β-unsaturated/α-hetero) is 1. The summed E-state index contributed by atoms with van der Waals surface area (Å²) in [5.74, 6) is -1.58. The molecule has 1 aliphatic rings. The number of carbonyl (C=O) groups excluding carboxylic acids is 3. The molecule has 0 spiro atoms. The van der Waals surface area contributed by atoms with Gasteiger partial charge < -0.3 is 14.3 Å². The van der Waals surface area contributed by atoms with Crippen LogP contribution in [0.4, 0.5) is 5.13 Å². The molecule has 0 aromatic carbocycles. The summed E-state index contributed by atoms with van der Waals surface area (Å²) in [5.41, 5.74) is 0.297. The number of thiophene rings is 1. The summed E-state index contributed by atoms with van der Waals surface area (Å²) in [4.78, 5) is 44.7. The van der Waals surface area contributed by atoms with Crippen LogP contribution in [0.25, 0.3) is 0 Å². The van der Waals surface area contributed by atoms with Gasteiger partial charge in [0.1, 0.15) is 22.4 Å². The molecule has 10 heteroatoms. The highest BCUT2D eigenvalue weighted by molar-refractivity contribution is 7.17. The van der Waals surface area contributed by atoms with E-state index in [1.54, 1.807) is 50.4 Å². The second kappa shape index (κ2) is 8.12. The van der Waals surface area contributed by atoms with E-state index in [9.17, 15) is 19.5 Å². The number of rotatable bonds is 6. The van der Waals surface area contributed by atoms with Gasteiger partial charge in [-0.1, -0.05) is 17.4 Å². The van der Waals surface area contributed by atoms with Crippen LogP contribution in [-0.4, -0.2) is 34.4 Å². The Morgan fingerprint density at radius 2 is 2.06 bits per heavy atom. The number of carbonyl (C=O) groups is 3. The Kier molecular flexibility index (Phi) is 5.50. The van der Waals surface area contributed by atoms with Crippen molar-refractivity contribution in [2.24, 2.45) is 0 Å². The fourth-order valence-electron chi connectivity index (χ4n) is 3.32. The van der Waals surface area contributed by atoms with Crippen molar-refractivity contribution in [2.75, 3.05) is 11.5 Å². The summed E-state index contributed by atoms with van der Waals surface area (Å²) in [6.45, 7) is 5.26. The number of nitrogens with zero attached hydrogens (tertiary/aromatic N) is 2. The molecule has 1 amide bonds. The molecule has 3 aromatic heterocycles. The maximum Gasteiger partial charge on any atom is 0.350 e. The standard InChI is InChI=1S/C21H18N2O6S2/c1-4-28-20(27)18-11(3)22-21(31-18)23-15(12-8-7-10(2)29-12)14(17(25)19(23)26)16(24)13-6-5-9-30-13/h5-9,15,25H,4H2,1-3H3. The first-order valence-electron chi connectivity index (χ1n) is 9.39. The fourth-order valence-corrected chi connectivity index (χ4v) is 4.98. The van der Waals surface area contributed by atoms with Crippen LogP contribution in [0.5, 0.6) is 0 Å². The molecule has 0 fully saturated rings. The van der Waals surface area contributed by atoms with E-state index >= 15 is 0 Å². The summed E-state index contributed by atoms with van der Waals surface area (Å²) in [6.07, 6.45) is 0. The van der Waals surface area contributed by atoms with Crippen LogP contribution < -0.4 is 4.90 Å². The molecule has 0 bridgehead atoms. The first kappa shape index (κ1) is 21.0. The van der Waals surface area contributed by atoms with Crippen LogP contribution in [0, 0.1) is 13.8 Å². The molecule has 0 aliphatic carbocycles. The van der Waals surface area contributed by atoms with E-state index in [0.717, 1.165) is 11.3 Å². The molecule has 4 heterocycles. The monoisotopic (exact) mass is 458 g/mol. The third-order valence-electron chi connectivity index (χ3n) is 4.68. The van der Waals surface area contributed by atoms with Crippen LogP contribution in [0.15, 0.2) is 45.4 Å². The van der Waals surface area contributed by atoms with Gasteiger partial charge in [0.25, 0.3) is 5.91 Å². The zero-order valence-corrected chi connectivity index (χ0v) is 18.5. The van der Waals surface area contributed by atoms with Gasteiger partial charge in [-0.05, 0) is 44.4 Å². The Hall–Kier alpha value is -3.24. The quantitative estimate of drug-likeness (QED) is 0.431. The number of anilines is 1. The van der Waals surface area contributed by atoms with Crippen molar-refractivity contribution in [1.29, 1.82) is 0 Å². The van der Waals surface area contributed by atoms with Gasteiger partial charge >= 0.3 is 5.97 Å². The number of aryl methyl sites for hydroxylation is 2. The van der Waals surface area contributed by atoms with E-state index in [2.05, 4.69) is 4.98 Å². The van der Waals surface area contributed by atoms with E-state index in [-0.39, 0.29) is 22.2 Å². The molecule has 31 heavy (non-hydrogen) atoms. The Labute approximate surface area is 185 Å². The molecule has 1 aliphatic heterocycles. The number of ether oxygens (including phenoxy) is 1. The zero-order chi connectivity index (χ0) is 22.3. The lowest BCUT2D eigenvalue weighted by Crippen LogP contribution is -2.30. The summed E-state index contributed by atoms with van der Waals surface area (Å²) in [5, 5.41) is 12.6. The maximum absolute atomic E-state index is 13.2. The summed E-state index contributed by atoms with van der Waals surface area (Å²) in [6, 6.07) is 5.67. The average Bonchev–Trinajstić information content (AvgIpc) is 3.50. The molecule has 0 radical (unpaired) electrons. The van der Waals surface area contributed by atoms with Crippen LogP contribution in [0.2, 0.25) is 0 Å². The molecule has 0 saturated carbocycles. The number of furan rings is 1. The molecule has 1 atom stereocenters. The van der Waals surface area contributed by atoms with Crippen molar-refractivity contribution in [3.8, 4) is 0 Å². The summed E-state index contributed by atoms with van der Waals surface area (Å²) < 4.78 is 10.8. The van der Waals surface area contributed by atoms with Gasteiger partial charge in [0.05, 0.1) is 22.8 Å². The smallest absolute Gasteiger partial charge is 0.350 e. The lowest BCUT2D eigenvalue weighted by molar-refractivity contribution is -0.117. The van der Waals surface area contributed by atoms with Crippen LogP contribution in [0.3, 0.4) is 0 Å². The number of esters is 1. The van der Waals surface area contributed by atoms with Crippen molar-refractivity contribution < 1.29 is 28.6 Å². The Bertz CT molecular complexity index is 1200. The molecule has 0 saturated heterocycles. The van der Waals surface area contributed by atoms with Gasteiger partial charge in [-0.2, -0.15) is 0 Å². The van der Waals surface area contributed by atoms with E-state index in [1.807, 2.05) is 0 Å². The number of ketones is 1. The number of aromatic nitrogens is 1. The number of amides is 1. The number of aliphatic hydroxyl groups is 1. The molecule has 8 nitrogen and oxygen atoms in total. The van der Waals surface area contributed by atoms with E-state index in [1.165, 1.54) is 16.2 Å². The van der Waals surface area contributed by atoms with Gasteiger partial charge in [0.2, 0.25) is 5.78 Å². The van der Waals surface area contributed by atoms with Crippen molar-refractivity contribution >= 4 is 45.5 Å². The summed E-state index contributed by atoms with van der Waals surface area (Å²) in [7, 11) is 0. The van der Waals surface area contributed by atoms with Crippen LogP contribution in [0.1, 0.15) is 49.5 Å². The Morgan fingerprint density at radius 3 is 2.68 bits per heavy atom. The predicted octanol–water partition coefficient (Wildman–Crippen LogP) is 4.37. The largest absolute Gasteiger partial charge is 0.503 e. The molecular formula is C21H18N2O6S2. The minimum atomic E-state index is -1.02. The number of hydrogen-bond acceptors (Lipinski definition) is 9. The highest BCUT2D eigenvalue weighted by Crippen LogP contribution is 2.44. The van der Waals surface area contributed by atoms with Crippen LogP contribution in [-0.2, 0) is 9.53 Å². The van der Waals surface area contributed by atoms with Crippen molar-refractivity contribution in [3.63, 3.8) is 0 Å². The first-order valence-corrected chi connectivity index (χ1v) is 11.1. The summed E-state index contributed by atoms with van der Waals surface area (Å²) >= 11 is 2.17. The Balaban J connectivity index is 1.83.